The number of fused-ring (bicyclic) bond motifs is 2. The van der Waals surface area contributed by atoms with Crippen molar-refractivity contribution < 1.29 is 14.7 Å². The number of carboxylic acid groups (broad SMARTS) is 1. The van der Waals surface area contributed by atoms with Gasteiger partial charge in [0.25, 0.3) is 5.91 Å². The summed E-state index contributed by atoms with van der Waals surface area (Å²) in [5, 5.41) is 12.3. The van der Waals surface area contributed by atoms with Crippen LogP contribution in [0, 0.1) is 7.43 Å². The number of nitrogens with one attached hydrogen (secondary N) is 3. The van der Waals surface area contributed by atoms with Crippen LogP contribution in [0.1, 0.15) is 20.7 Å². The minimum atomic E-state index is -1.21. The zero-order valence-electron chi connectivity index (χ0n) is 18.7. The maximum absolute atomic E-state index is 12.3. The number of carbonyl (C=O) groups excluding carboxylic acids is 1. The molecule has 5 aromatic rings. The van der Waals surface area contributed by atoms with E-state index in [1.165, 1.54) is 12.4 Å². The Kier molecular flexibility index (Phi) is 7.58. The Hall–Kier alpha value is -4.98. The van der Waals surface area contributed by atoms with Crippen molar-refractivity contribution in [3.63, 3.8) is 0 Å². The molecule has 0 fully saturated rings. The molecule has 176 valence electrons. The number of carbonyl (C=O) groups is 2. The van der Waals surface area contributed by atoms with Crippen LogP contribution in [0.4, 0.5) is 5.69 Å². The second-order valence-corrected chi connectivity index (χ2v) is 7.28. The smallest absolute Gasteiger partial charge is 0.341 e. The van der Waals surface area contributed by atoms with E-state index in [0.717, 1.165) is 0 Å². The molecule has 8 nitrogen and oxygen atoms in total. The molecule has 2 aromatic heterocycles. The molecule has 3 aromatic carbocycles. The van der Waals surface area contributed by atoms with E-state index in [4.69, 9.17) is 5.11 Å². The third-order valence-corrected chi connectivity index (χ3v) is 5.08. The summed E-state index contributed by atoms with van der Waals surface area (Å²) in [7, 11) is 0. The largest absolute Gasteiger partial charge is 0.477 e. The Balaban J connectivity index is 0.000000202. The van der Waals surface area contributed by atoms with Crippen LogP contribution in [-0.2, 0) is 0 Å². The third kappa shape index (κ3) is 5.33. The average molecular weight is 468 g/mol. The number of aromatic nitrogens is 2. The van der Waals surface area contributed by atoms with Gasteiger partial charge < -0.3 is 27.8 Å². The lowest BCUT2D eigenvalue weighted by Crippen LogP contribution is -2.21. The van der Waals surface area contributed by atoms with Gasteiger partial charge in [-0.1, -0.05) is 42.5 Å². The molecule has 35 heavy (non-hydrogen) atoms. The highest BCUT2D eigenvalue weighted by Gasteiger charge is 2.13. The highest BCUT2D eigenvalue weighted by Crippen LogP contribution is 2.10. The molecule has 2 heterocycles. The number of aromatic amines is 2. The average Bonchev–Trinajstić information content (AvgIpc) is 2.85. The van der Waals surface area contributed by atoms with Gasteiger partial charge in [-0.3, -0.25) is 14.4 Å². The summed E-state index contributed by atoms with van der Waals surface area (Å²) in [5.41, 5.74) is 1.16. The van der Waals surface area contributed by atoms with E-state index < -0.39 is 17.3 Å². The van der Waals surface area contributed by atoms with Gasteiger partial charge >= 0.3 is 5.97 Å². The second-order valence-electron chi connectivity index (χ2n) is 7.28. The normalized spacial score (nSPS) is 10.1. The molecule has 0 aliphatic rings. The van der Waals surface area contributed by atoms with Crippen LogP contribution in [0.2, 0.25) is 0 Å². The molecule has 0 unspecified atom stereocenters. The van der Waals surface area contributed by atoms with Gasteiger partial charge in [-0.2, -0.15) is 0 Å². The maximum Gasteiger partial charge on any atom is 0.341 e. The lowest BCUT2D eigenvalue weighted by atomic mass is 10.1. The standard InChI is InChI=1S/C16H12N2O2.C10H7NO3.CH3/c19-15-12-8-4-5-9-14(12)17-10-13(15)16(20)18-11-6-2-1-3-7-11;12-9-6-3-1-2-4-8(6)11-5-7(9)10(13)14;/h1-10H,(H,17,19)(H,18,20);1-5H,(H,11,12)(H,13,14);1H3/q;;-1. The molecule has 0 bridgehead atoms. The fourth-order valence-corrected chi connectivity index (χ4v) is 3.38. The number of pyridine rings is 2. The predicted octanol–water partition coefficient (Wildman–Crippen LogP) is 4.46. The SMILES string of the molecule is O=C(Nc1ccccc1)c1c[nH]c2ccccc2c1=O.O=C(O)c1c[nH]c2ccccc2c1=O.[CH3-]. The maximum atomic E-state index is 12.3. The number of anilines is 1. The zero-order valence-corrected chi connectivity index (χ0v) is 18.7. The lowest BCUT2D eigenvalue weighted by Gasteiger charge is -2.05. The zero-order chi connectivity index (χ0) is 24.1. The number of hydrogen-bond acceptors (Lipinski definition) is 4. The number of aromatic carboxylic acids is 1. The summed E-state index contributed by atoms with van der Waals surface area (Å²) in [4.78, 5) is 52.4. The van der Waals surface area contributed by atoms with Crippen molar-refractivity contribution in [3.8, 4) is 0 Å². The Labute approximate surface area is 199 Å². The molecular weight excluding hydrogens is 446 g/mol. The van der Waals surface area contributed by atoms with Gasteiger partial charge in [0, 0.05) is 39.9 Å². The van der Waals surface area contributed by atoms with Crippen molar-refractivity contribution in [2.45, 2.75) is 0 Å². The first-order valence-corrected chi connectivity index (χ1v) is 10.3. The van der Waals surface area contributed by atoms with E-state index in [2.05, 4.69) is 15.3 Å². The molecule has 5 rings (SSSR count). The van der Waals surface area contributed by atoms with Gasteiger partial charge in [0.2, 0.25) is 10.9 Å². The van der Waals surface area contributed by atoms with E-state index in [9.17, 15) is 19.2 Å². The number of rotatable bonds is 3. The summed E-state index contributed by atoms with van der Waals surface area (Å²) in [6, 6.07) is 23.0. The van der Waals surface area contributed by atoms with E-state index in [1.807, 2.05) is 24.3 Å². The van der Waals surface area contributed by atoms with Crippen LogP contribution >= 0.6 is 0 Å². The molecule has 0 saturated heterocycles. The Bertz CT molecular complexity index is 1620. The number of hydrogen-bond donors (Lipinski definition) is 4. The molecule has 1 amide bonds. The first-order chi connectivity index (χ1) is 16.5. The summed E-state index contributed by atoms with van der Waals surface area (Å²) in [6.07, 6.45) is 2.66. The van der Waals surface area contributed by atoms with Crippen molar-refractivity contribution in [2.75, 3.05) is 5.32 Å². The topological polar surface area (TPSA) is 132 Å². The number of carboxylic acids is 1. The Morgan fingerprint density at radius 1 is 0.657 bits per heavy atom. The summed E-state index contributed by atoms with van der Waals surface area (Å²) >= 11 is 0. The van der Waals surface area contributed by atoms with Crippen LogP contribution in [0.5, 0.6) is 0 Å². The first-order valence-electron chi connectivity index (χ1n) is 10.3. The number of benzene rings is 3. The van der Waals surface area contributed by atoms with E-state index in [-0.39, 0.29) is 24.0 Å². The van der Waals surface area contributed by atoms with E-state index in [1.54, 1.807) is 54.6 Å². The van der Waals surface area contributed by atoms with E-state index in [0.29, 0.717) is 27.5 Å². The number of para-hydroxylation sites is 3. The Morgan fingerprint density at radius 2 is 1.11 bits per heavy atom. The molecule has 8 heteroatoms. The molecule has 0 spiro atoms. The van der Waals surface area contributed by atoms with Crippen LogP contribution in [0.15, 0.2) is 101 Å². The summed E-state index contributed by atoms with van der Waals surface area (Å²) < 4.78 is 0. The summed E-state index contributed by atoms with van der Waals surface area (Å²) in [5.74, 6) is -1.62. The first kappa shape index (κ1) is 24.7. The predicted molar refractivity (Wildman–Crippen MR) is 137 cm³/mol. The van der Waals surface area contributed by atoms with E-state index >= 15 is 0 Å². The lowest BCUT2D eigenvalue weighted by molar-refractivity contribution is 0.0695. The van der Waals surface area contributed by atoms with Gasteiger partial charge in [-0.25, -0.2) is 4.79 Å². The van der Waals surface area contributed by atoms with Gasteiger partial charge in [0.05, 0.1) is 0 Å². The fourth-order valence-electron chi connectivity index (χ4n) is 3.38. The van der Waals surface area contributed by atoms with Crippen LogP contribution in [0.25, 0.3) is 21.8 Å². The molecule has 0 atom stereocenters. The molecule has 0 saturated carbocycles. The van der Waals surface area contributed by atoms with Crippen molar-refractivity contribution in [1.82, 2.24) is 9.97 Å². The molecule has 0 aliphatic heterocycles. The fraction of sp³-hybridized carbons (Fsp3) is 0. The van der Waals surface area contributed by atoms with Gasteiger partial charge in [-0.05, 0) is 36.4 Å². The van der Waals surface area contributed by atoms with Crippen molar-refractivity contribution in [3.05, 3.63) is 130 Å². The van der Waals surface area contributed by atoms with Crippen LogP contribution in [-0.4, -0.2) is 27.0 Å². The van der Waals surface area contributed by atoms with Crippen molar-refractivity contribution >= 4 is 39.4 Å². The molecule has 4 N–H and O–H groups in total. The minimum absolute atomic E-state index is 0. The van der Waals surface area contributed by atoms with Crippen LogP contribution < -0.4 is 16.2 Å². The number of amides is 1. The monoisotopic (exact) mass is 468 g/mol. The third-order valence-electron chi connectivity index (χ3n) is 5.08. The van der Waals surface area contributed by atoms with Gasteiger partial charge in [0.1, 0.15) is 11.1 Å². The molecule has 0 radical (unpaired) electrons. The van der Waals surface area contributed by atoms with Crippen molar-refractivity contribution in [2.24, 2.45) is 0 Å². The molecule has 0 aliphatic carbocycles. The highest BCUT2D eigenvalue weighted by atomic mass is 16.4. The summed E-state index contributed by atoms with van der Waals surface area (Å²) in [6.45, 7) is 0. The van der Waals surface area contributed by atoms with Crippen molar-refractivity contribution in [1.29, 1.82) is 0 Å². The quantitative estimate of drug-likeness (QED) is 0.290. The number of H-pyrrole nitrogens is 2. The van der Waals surface area contributed by atoms with Crippen LogP contribution in [0.3, 0.4) is 0 Å². The minimum Gasteiger partial charge on any atom is -0.477 e. The Morgan fingerprint density at radius 3 is 1.66 bits per heavy atom. The van der Waals surface area contributed by atoms with Gasteiger partial charge in [0.15, 0.2) is 0 Å². The molecular formula is C27H22N3O5-. The second kappa shape index (κ2) is 10.8. The van der Waals surface area contributed by atoms with Gasteiger partial charge in [-0.15, -0.1) is 0 Å². The highest BCUT2D eigenvalue weighted by molar-refractivity contribution is 6.05.